The molecule has 1 aromatic carbocycles. The number of aliphatic carboxylic acids is 1. The first-order chi connectivity index (χ1) is 19.5. The van der Waals surface area contributed by atoms with Crippen molar-refractivity contribution < 1.29 is 36.6 Å². The van der Waals surface area contributed by atoms with Crippen LogP contribution in [0.3, 0.4) is 0 Å². The Morgan fingerprint density at radius 3 is 2.56 bits per heavy atom. The Hall–Kier alpha value is -2.75. The molecule has 41 heavy (non-hydrogen) atoms. The molecule has 1 saturated heterocycles. The number of ether oxygens (including phenoxy) is 1. The fourth-order valence-corrected chi connectivity index (χ4v) is 8.59. The van der Waals surface area contributed by atoms with Gasteiger partial charge in [-0.15, -0.1) is 11.3 Å². The van der Waals surface area contributed by atoms with Gasteiger partial charge in [0.1, 0.15) is 6.04 Å². The highest BCUT2D eigenvalue weighted by Crippen LogP contribution is 2.42. The van der Waals surface area contributed by atoms with Gasteiger partial charge in [0.05, 0.1) is 27.8 Å². The SMILES string of the molecule is CCOC(=O)C1=C(C2CCN(S(=O)(=O)[C@H]3C[C@H](C(=O)O)C3)CC2)NC(c2nccs2)=N[C@H]1c1ccc(F)c(F)c1Br. The van der Waals surface area contributed by atoms with Crippen LogP contribution in [0.15, 0.2) is 44.4 Å². The molecule has 2 aliphatic heterocycles. The van der Waals surface area contributed by atoms with E-state index in [9.17, 15) is 26.8 Å². The van der Waals surface area contributed by atoms with Crippen molar-refractivity contribution in [3.63, 3.8) is 0 Å². The number of rotatable bonds is 8. The molecule has 2 fully saturated rings. The number of halogens is 3. The van der Waals surface area contributed by atoms with Crippen LogP contribution in [0.4, 0.5) is 8.78 Å². The lowest BCUT2D eigenvalue weighted by atomic mass is 9.85. The molecule has 220 valence electrons. The van der Waals surface area contributed by atoms with E-state index in [1.807, 2.05) is 0 Å². The van der Waals surface area contributed by atoms with Gasteiger partial charge in [0.25, 0.3) is 0 Å². The number of allylic oxidation sites excluding steroid dienone is 1. The zero-order chi connectivity index (χ0) is 29.5. The number of nitrogens with one attached hydrogen (secondary N) is 1. The number of carbonyl (C=O) groups is 2. The molecule has 5 rings (SSSR count). The summed E-state index contributed by atoms with van der Waals surface area (Å²) in [6, 6.07) is 1.27. The van der Waals surface area contributed by atoms with Crippen LogP contribution in [0.25, 0.3) is 0 Å². The minimum Gasteiger partial charge on any atom is -0.481 e. The molecule has 0 bridgehead atoms. The van der Waals surface area contributed by atoms with E-state index >= 15 is 0 Å². The number of sulfonamides is 1. The number of esters is 1. The first kappa shape index (κ1) is 29.7. The van der Waals surface area contributed by atoms with E-state index in [0.29, 0.717) is 29.4 Å². The number of carboxylic acid groups (broad SMARTS) is 1. The molecular formula is C26H27BrF2N4O6S2. The third kappa shape index (κ3) is 5.68. The number of aliphatic imine (C=N–C) groups is 1. The average molecular weight is 674 g/mol. The summed E-state index contributed by atoms with van der Waals surface area (Å²) in [7, 11) is -3.67. The molecule has 15 heteroatoms. The second-order valence-electron chi connectivity index (χ2n) is 10.0. The van der Waals surface area contributed by atoms with Crippen LogP contribution in [0.2, 0.25) is 0 Å². The quantitative estimate of drug-likeness (QED) is 0.317. The Morgan fingerprint density at radius 1 is 1.24 bits per heavy atom. The first-order valence-electron chi connectivity index (χ1n) is 13.0. The van der Waals surface area contributed by atoms with Gasteiger partial charge in [-0.3, -0.25) is 9.79 Å². The summed E-state index contributed by atoms with van der Waals surface area (Å²) in [5.41, 5.74) is 0.818. The number of aromatic nitrogens is 1. The highest BCUT2D eigenvalue weighted by atomic mass is 79.9. The monoisotopic (exact) mass is 672 g/mol. The summed E-state index contributed by atoms with van der Waals surface area (Å²) >= 11 is 4.44. The maximum atomic E-state index is 14.6. The maximum absolute atomic E-state index is 14.6. The van der Waals surface area contributed by atoms with Crippen LogP contribution in [0, 0.1) is 23.5 Å². The average Bonchev–Trinajstić information content (AvgIpc) is 3.45. The fraction of sp³-hybridized carbons (Fsp3) is 0.462. The smallest absolute Gasteiger partial charge is 0.338 e. The molecule has 0 amide bonds. The van der Waals surface area contributed by atoms with E-state index in [1.165, 1.54) is 21.7 Å². The molecule has 1 saturated carbocycles. The van der Waals surface area contributed by atoms with E-state index in [-0.39, 0.29) is 54.1 Å². The Bertz CT molecular complexity index is 1520. The zero-order valence-corrected chi connectivity index (χ0v) is 25.1. The highest BCUT2D eigenvalue weighted by Gasteiger charge is 2.46. The largest absolute Gasteiger partial charge is 0.481 e. The molecule has 2 aromatic rings. The standard InChI is InChI=1S/C26H27BrF2N4O6S2/c1-2-39-26(36)18-21(13-5-8-33(9-6-13)41(37,38)15-11-14(12-15)25(34)35)31-23(24-30-7-10-40-24)32-22(18)16-3-4-17(28)20(29)19(16)27/h3-4,7,10,13-15,22H,2,5-6,8-9,11-12H2,1H3,(H,31,32)(H,34,35)/t14-,15-,22-/m0/s1. The van der Waals surface area contributed by atoms with E-state index in [0.717, 1.165) is 6.07 Å². The molecule has 1 atom stereocenters. The summed E-state index contributed by atoms with van der Waals surface area (Å²) in [5, 5.41) is 13.9. The predicted molar refractivity (Wildman–Crippen MR) is 150 cm³/mol. The number of hydrogen-bond acceptors (Lipinski definition) is 9. The zero-order valence-electron chi connectivity index (χ0n) is 21.8. The van der Waals surface area contributed by atoms with Gasteiger partial charge in [0.15, 0.2) is 22.5 Å². The van der Waals surface area contributed by atoms with Crippen LogP contribution in [-0.4, -0.2) is 65.5 Å². The van der Waals surface area contributed by atoms with Gasteiger partial charge in [-0.05, 0) is 60.2 Å². The van der Waals surface area contributed by atoms with E-state index in [4.69, 9.17) is 14.8 Å². The first-order valence-corrected chi connectivity index (χ1v) is 16.2. The molecular weight excluding hydrogens is 646 g/mol. The highest BCUT2D eigenvalue weighted by molar-refractivity contribution is 9.10. The van der Waals surface area contributed by atoms with Crippen molar-refractivity contribution in [2.75, 3.05) is 19.7 Å². The minimum atomic E-state index is -3.67. The van der Waals surface area contributed by atoms with Gasteiger partial charge in [-0.1, -0.05) is 6.07 Å². The molecule has 1 aromatic heterocycles. The Balaban J connectivity index is 1.49. The molecule has 10 nitrogen and oxygen atoms in total. The van der Waals surface area contributed by atoms with Crippen molar-refractivity contribution in [1.82, 2.24) is 14.6 Å². The van der Waals surface area contributed by atoms with Gasteiger partial charge in [-0.25, -0.2) is 31.3 Å². The number of piperidine rings is 1. The van der Waals surface area contributed by atoms with Crippen molar-refractivity contribution in [2.45, 2.75) is 43.9 Å². The molecule has 3 aliphatic rings. The van der Waals surface area contributed by atoms with Crippen molar-refractivity contribution in [1.29, 1.82) is 0 Å². The van der Waals surface area contributed by atoms with Crippen LogP contribution in [0.1, 0.15) is 49.2 Å². The molecule has 0 unspecified atom stereocenters. The van der Waals surface area contributed by atoms with Crippen LogP contribution >= 0.6 is 27.3 Å². The van der Waals surface area contributed by atoms with Crippen molar-refractivity contribution in [3.05, 3.63) is 61.7 Å². The number of hydrogen-bond donors (Lipinski definition) is 2. The van der Waals surface area contributed by atoms with Gasteiger partial charge >= 0.3 is 11.9 Å². The van der Waals surface area contributed by atoms with E-state index in [2.05, 4.69) is 26.2 Å². The second kappa shape index (κ2) is 11.9. The lowest BCUT2D eigenvalue weighted by Crippen LogP contribution is -2.50. The van der Waals surface area contributed by atoms with Crippen molar-refractivity contribution in [3.8, 4) is 0 Å². The summed E-state index contributed by atoms with van der Waals surface area (Å²) in [6.07, 6.45) is 2.49. The maximum Gasteiger partial charge on any atom is 0.338 e. The Labute approximate surface area is 247 Å². The van der Waals surface area contributed by atoms with Crippen molar-refractivity contribution in [2.24, 2.45) is 16.8 Å². The third-order valence-corrected chi connectivity index (χ3v) is 11.6. The number of thiazole rings is 1. The van der Waals surface area contributed by atoms with Crippen LogP contribution < -0.4 is 5.32 Å². The topological polar surface area (TPSA) is 138 Å². The van der Waals surface area contributed by atoms with Gasteiger partial charge < -0.3 is 15.2 Å². The fourth-order valence-electron chi connectivity index (χ4n) is 5.37. The lowest BCUT2D eigenvalue weighted by Gasteiger charge is -2.40. The minimum absolute atomic E-state index is 0.0692. The van der Waals surface area contributed by atoms with Gasteiger partial charge in [0.2, 0.25) is 10.0 Å². The molecule has 3 heterocycles. The molecule has 0 radical (unpaired) electrons. The molecule has 1 aliphatic carbocycles. The van der Waals surface area contributed by atoms with Crippen LogP contribution in [0.5, 0.6) is 0 Å². The third-order valence-electron chi connectivity index (χ3n) is 7.65. The molecule has 2 N–H and O–H groups in total. The number of carboxylic acids is 1. The Kier molecular flexibility index (Phi) is 8.60. The summed E-state index contributed by atoms with van der Waals surface area (Å²) in [5.74, 6) is -4.46. The van der Waals surface area contributed by atoms with E-state index < -0.39 is 50.8 Å². The number of carbonyl (C=O) groups excluding carboxylic acids is 1. The van der Waals surface area contributed by atoms with Crippen LogP contribution in [-0.2, 0) is 24.3 Å². The van der Waals surface area contributed by atoms with Gasteiger partial charge in [-0.2, -0.15) is 0 Å². The summed E-state index contributed by atoms with van der Waals surface area (Å²) < 4.78 is 61.5. The summed E-state index contributed by atoms with van der Waals surface area (Å²) in [6.45, 7) is 2.07. The van der Waals surface area contributed by atoms with E-state index in [1.54, 1.807) is 18.5 Å². The number of nitrogens with zero attached hydrogens (tertiary/aromatic N) is 3. The number of amidine groups is 1. The molecule has 0 spiro atoms. The number of benzene rings is 1. The Morgan fingerprint density at radius 2 is 1.95 bits per heavy atom. The van der Waals surface area contributed by atoms with Crippen molar-refractivity contribution >= 4 is 55.1 Å². The van der Waals surface area contributed by atoms with Gasteiger partial charge in [0, 0.05) is 36.3 Å². The lowest BCUT2D eigenvalue weighted by molar-refractivity contribution is -0.144. The predicted octanol–water partition coefficient (Wildman–Crippen LogP) is 4.00. The summed E-state index contributed by atoms with van der Waals surface area (Å²) in [4.78, 5) is 33.6. The normalized spacial score (nSPS) is 23.9. The second-order valence-corrected chi connectivity index (χ2v) is 13.9.